The van der Waals surface area contributed by atoms with Crippen LogP contribution in [-0.2, 0) is 40.0 Å². The lowest BCUT2D eigenvalue weighted by Gasteiger charge is -2.49. The summed E-state index contributed by atoms with van der Waals surface area (Å²) in [7, 11) is 0. The Hall–Kier alpha value is -4.47. The molecular formula is C56H90N4O9. The maximum Gasteiger partial charge on any atom is 0.325 e. The number of aliphatic carboxylic acids is 1. The summed E-state index contributed by atoms with van der Waals surface area (Å²) in [5.74, 6) is -2.69. The third-order valence-corrected chi connectivity index (χ3v) is 17.6. The summed E-state index contributed by atoms with van der Waals surface area (Å²) in [6.07, 6.45) is 2.30. The van der Waals surface area contributed by atoms with Crippen molar-refractivity contribution in [2.24, 2.45) is 60.6 Å². The van der Waals surface area contributed by atoms with E-state index in [1.807, 2.05) is 66.7 Å². The Morgan fingerprint density at radius 2 is 1.43 bits per heavy atom. The number of hydrogen-bond donors (Lipinski definition) is 3. The normalized spacial score (nSPS) is 22.8. The van der Waals surface area contributed by atoms with Gasteiger partial charge in [-0.3, -0.25) is 28.9 Å². The Labute approximate surface area is 415 Å². The van der Waals surface area contributed by atoms with Crippen molar-refractivity contribution in [3.63, 3.8) is 0 Å². The van der Waals surface area contributed by atoms with Crippen LogP contribution in [0.5, 0.6) is 0 Å². The van der Waals surface area contributed by atoms with E-state index in [0.29, 0.717) is 32.1 Å². The van der Waals surface area contributed by atoms with Crippen LogP contribution >= 0.6 is 0 Å². The van der Waals surface area contributed by atoms with Gasteiger partial charge in [-0.2, -0.15) is 5.26 Å². The summed E-state index contributed by atoms with van der Waals surface area (Å²) in [5.41, 5.74) is -5.00. The van der Waals surface area contributed by atoms with E-state index in [4.69, 9.17) is 14.7 Å². The number of urea groups is 1. The fourth-order valence-corrected chi connectivity index (χ4v) is 11.9. The lowest BCUT2D eigenvalue weighted by atomic mass is 9.54. The molecule has 0 aromatic heterocycles. The van der Waals surface area contributed by atoms with E-state index in [1.165, 1.54) is 4.90 Å². The molecule has 1 heterocycles. The molecule has 3 N–H and O–H groups in total. The molecule has 1 saturated carbocycles. The Morgan fingerprint density at radius 3 is 1.90 bits per heavy atom. The lowest BCUT2D eigenvalue weighted by Crippen LogP contribution is -2.47. The molecule has 0 radical (unpaired) electrons. The van der Waals surface area contributed by atoms with E-state index in [0.717, 1.165) is 11.1 Å². The van der Waals surface area contributed by atoms with Crippen LogP contribution in [0.25, 0.3) is 0 Å². The summed E-state index contributed by atoms with van der Waals surface area (Å²) < 4.78 is 11.8. The Kier molecular flexibility index (Phi) is 17.3. The van der Waals surface area contributed by atoms with Crippen LogP contribution in [-0.4, -0.2) is 71.1 Å². The Bertz CT molecular complexity index is 2120. The molecule has 13 heteroatoms. The van der Waals surface area contributed by atoms with Crippen LogP contribution in [0.2, 0.25) is 0 Å². The molecule has 0 spiro atoms. The first kappa shape index (κ1) is 58.8. The number of amides is 4. The Balaban J connectivity index is 2.15. The standard InChI is InChI=1S/C56H90N4O9/c1-21-68-45(66)56(34-50(12,13)37(3)53(18,43(63)64)32-47(4,5)6)35-55(56,20)51(14,15)30-40(39-24-22-38(23-25-39)31-60-42(62)52(16,17)59-46(60)67)36(2)49(10,11)33-54(19,48(7,8)9)44(65)69-29-28-58-41(61)26-27-57/h22-25,36-37,40H,21,26,28-35H2,1-20H3,(H,58,61)(H,59,67)(H,63,64). The molecule has 388 valence electrons. The molecule has 4 amide bonds. The first-order chi connectivity index (χ1) is 31.1. The van der Waals surface area contributed by atoms with Gasteiger partial charge < -0.3 is 25.2 Å². The summed E-state index contributed by atoms with van der Waals surface area (Å²) >= 11 is 0. The number of nitriles is 1. The molecule has 13 nitrogen and oxygen atoms in total. The Morgan fingerprint density at radius 1 is 0.870 bits per heavy atom. The highest BCUT2D eigenvalue weighted by molar-refractivity contribution is 6.06. The molecule has 1 saturated heterocycles. The van der Waals surface area contributed by atoms with Gasteiger partial charge in [0, 0.05) is 0 Å². The highest BCUT2D eigenvalue weighted by Gasteiger charge is 2.76. The number of imide groups is 1. The second-order valence-electron chi connectivity index (χ2n) is 26.4. The van der Waals surface area contributed by atoms with Gasteiger partial charge in [-0.05, 0) is 128 Å². The number of nitrogens with one attached hydrogen (secondary N) is 2. The minimum absolute atomic E-state index is 0.0362. The topological polar surface area (TPSA) is 192 Å². The van der Waals surface area contributed by atoms with E-state index in [9.17, 15) is 33.9 Å². The maximum absolute atomic E-state index is 14.6. The average molecular weight is 963 g/mol. The number of carboxylic acid groups (broad SMARTS) is 1. The molecule has 7 atom stereocenters. The fourth-order valence-electron chi connectivity index (χ4n) is 11.9. The minimum atomic E-state index is -1.05. The van der Waals surface area contributed by atoms with Crippen molar-refractivity contribution in [1.82, 2.24) is 15.5 Å². The molecule has 69 heavy (non-hydrogen) atoms. The third kappa shape index (κ3) is 12.4. The second-order valence-corrected chi connectivity index (χ2v) is 26.4. The third-order valence-electron chi connectivity index (χ3n) is 17.6. The molecule has 1 aromatic rings. The summed E-state index contributed by atoms with van der Waals surface area (Å²) in [6, 6.07) is 9.47. The zero-order chi connectivity index (χ0) is 53.4. The van der Waals surface area contributed by atoms with Gasteiger partial charge in [0.05, 0.1) is 42.0 Å². The molecule has 3 rings (SSSR count). The zero-order valence-electron chi connectivity index (χ0n) is 46.2. The molecule has 1 aliphatic carbocycles. The number of ether oxygens (including phenoxy) is 2. The van der Waals surface area contributed by atoms with E-state index < -0.39 is 66.8 Å². The van der Waals surface area contributed by atoms with E-state index in [-0.39, 0.29) is 73.7 Å². The van der Waals surface area contributed by atoms with Crippen molar-refractivity contribution in [3.05, 3.63) is 35.4 Å². The van der Waals surface area contributed by atoms with E-state index in [1.54, 1.807) is 13.8 Å². The fraction of sp³-hybridized carbons (Fsp3) is 0.768. The van der Waals surface area contributed by atoms with Gasteiger partial charge in [-0.1, -0.05) is 128 Å². The smallest absolute Gasteiger partial charge is 0.325 e. The van der Waals surface area contributed by atoms with Gasteiger partial charge in [0.2, 0.25) is 5.91 Å². The van der Waals surface area contributed by atoms with Gasteiger partial charge >= 0.3 is 23.9 Å². The van der Waals surface area contributed by atoms with Crippen molar-refractivity contribution in [2.75, 3.05) is 19.8 Å². The molecule has 7 unspecified atom stereocenters. The van der Waals surface area contributed by atoms with Gasteiger partial charge in [0.1, 0.15) is 18.6 Å². The highest BCUT2D eigenvalue weighted by Crippen LogP contribution is 2.77. The van der Waals surface area contributed by atoms with E-state index in [2.05, 4.69) is 98.9 Å². The van der Waals surface area contributed by atoms with Crippen LogP contribution in [0.4, 0.5) is 4.79 Å². The largest absolute Gasteiger partial charge is 0.481 e. The monoisotopic (exact) mass is 963 g/mol. The summed E-state index contributed by atoms with van der Waals surface area (Å²) in [6.45, 7) is 41.2. The molecule has 1 aliphatic heterocycles. The number of esters is 2. The van der Waals surface area contributed by atoms with Crippen LogP contribution in [0.3, 0.4) is 0 Å². The predicted molar refractivity (Wildman–Crippen MR) is 269 cm³/mol. The molecular weight excluding hydrogens is 873 g/mol. The molecule has 2 fully saturated rings. The molecule has 1 aromatic carbocycles. The maximum atomic E-state index is 14.6. The minimum Gasteiger partial charge on any atom is -0.481 e. The molecule has 2 aliphatic rings. The van der Waals surface area contributed by atoms with Crippen molar-refractivity contribution in [2.45, 2.75) is 195 Å². The van der Waals surface area contributed by atoms with Crippen molar-refractivity contribution >= 4 is 35.8 Å². The first-order valence-electron chi connectivity index (χ1n) is 25.1. The lowest BCUT2D eigenvalue weighted by molar-refractivity contribution is -0.166. The quantitative estimate of drug-likeness (QED) is 0.0540. The SMILES string of the molecule is CCOC(=O)C1(CC(C)(C)C(C)C(C)(CC(C)(C)C)C(=O)O)CC1(C)C(C)(C)CC(c1ccc(CN2C(=O)NC(C)(C)C2=O)cc1)C(C)C(C)(C)CC(C)(C(=O)OCCNC(=O)CC#N)C(C)(C)C. The summed E-state index contributed by atoms with van der Waals surface area (Å²) in [5, 5.41) is 25.0. The van der Waals surface area contributed by atoms with Gasteiger partial charge in [-0.15, -0.1) is 0 Å². The van der Waals surface area contributed by atoms with Crippen molar-refractivity contribution in [1.29, 1.82) is 5.26 Å². The highest BCUT2D eigenvalue weighted by atomic mass is 16.5. The van der Waals surface area contributed by atoms with Crippen molar-refractivity contribution < 1.29 is 43.3 Å². The average Bonchev–Trinajstić information content (AvgIpc) is 3.77. The van der Waals surface area contributed by atoms with E-state index >= 15 is 0 Å². The van der Waals surface area contributed by atoms with Crippen LogP contribution in [0.1, 0.15) is 194 Å². The van der Waals surface area contributed by atoms with Crippen molar-refractivity contribution in [3.8, 4) is 6.07 Å². The number of nitrogens with zero attached hydrogens (tertiary/aromatic N) is 2. The first-order valence-corrected chi connectivity index (χ1v) is 25.1. The number of carboxylic acids is 1. The summed E-state index contributed by atoms with van der Waals surface area (Å²) in [4.78, 5) is 81.2. The van der Waals surface area contributed by atoms with Gasteiger partial charge in [0.25, 0.3) is 5.91 Å². The van der Waals surface area contributed by atoms with Crippen LogP contribution in [0, 0.1) is 71.9 Å². The number of hydrogen-bond acceptors (Lipinski definition) is 9. The number of benzene rings is 1. The van der Waals surface area contributed by atoms with Crippen LogP contribution < -0.4 is 10.6 Å². The number of carbonyl (C=O) groups is 6. The number of rotatable bonds is 23. The zero-order valence-corrected chi connectivity index (χ0v) is 46.2. The molecule has 0 bridgehead atoms. The van der Waals surface area contributed by atoms with Crippen LogP contribution in [0.15, 0.2) is 24.3 Å². The second kappa shape index (κ2) is 20.3. The predicted octanol–water partition coefficient (Wildman–Crippen LogP) is 11.2. The van der Waals surface area contributed by atoms with Gasteiger partial charge in [-0.25, -0.2) is 4.79 Å². The van der Waals surface area contributed by atoms with Gasteiger partial charge in [0.15, 0.2) is 0 Å². The number of carbonyl (C=O) groups excluding carboxylic acids is 5.